The predicted octanol–water partition coefficient (Wildman–Crippen LogP) is 2.06. The van der Waals surface area contributed by atoms with Gasteiger partial charge in [0, 0.05) is 5.92 Å². The molecular weight excluding hydrogens is 728 g/mol. The number of aliphatic hydroxyl groups excluding tert-OH is 7. The van der Waals surface area contributed by atoms with Gasteiger partial charge in [-0.05, 0) is 110 Å². The van der Waals surface area contributed by atoms with Crippen molar-refractivity contribution < 1.29 is 69.4 Å². The Balaban J connectivity index is 1.16. The van der Waals surface area contributed by atoms with E-state index in [0.29, 0.717) is 25.7 Å². The van der Waals surface area contributed by atoms with E-state index < -0.39 is 103 Å². The van der Waals surface area contributed by atoms with Gasteiger partial charge in [0.05, 0.1) is 24.7 Å². The van der Waals surface area contributed by atoms with Crippen molar-refractivity contribution in [2.75, 3.05) is 13.2 Å². The van der Waals surface area contributed by atoms with E-state index in [2.05, 4.69) is 41.5 Å². The molecule has 6 fully saturated rings. The number of carboxylic acids is 1. The summed E-state index contributed by atoms with van der Waals surface area (Å²) in [5.74, 6) is -0.873. The van der Waals surface area contributed by atoms with Crippen molar-refractivity contribution in [2.24, 2.45) is 50.2 Å². The molecule has 7 aliphatic rings. The molecule has 0 amide bonds. The van der Waals surface area contributed by atoms with Gasteiger partial charge in [-0.1, -0.05) is 47.1 Å². The van der Waals surface area contributed by atoms with E-state index in [1.807, 2.05) is 13.0 Å². The molecule has 2 heterocycles. The molecule has 8 N–H and O–H groups in total. The van der Waals surface area contributed by atoms with Crippen LogP contribution in [0.2, 0.25) is 0 Å². The van der Waals surface area contributed by atoms with Crippen molar-refractivity contribution in [3.8, 4) is 0 Å². The van der Waals surface area contributed by atoms with E-state index >= 15 is 0 Å². The summed E-state index contributed by atoms with van der Waals surface area (Å²) in [7, 11) is 0. The molecule has 2 aliphatic heterocycles. The number of hydrogen-bond acceptors (Lipinski definition) is 13. The minimum Gasteiger partial charge on any atom is -0.481 e. The predicted molar refractivity (Wildman–Crippen MR) is 198 cm³/mol. The minimum absolute atomic E-state index is 0.0192. The van der Waals surface area contributed by atoms with E-state index in [-0.39, 0.29) is 39.8 Å². The molecule has 4 saturated carbocycles. The highest BCUT2D eigenvalue weighted by atomic mass is 16.8. The van der Waals surface area contributed by atoms with Crippen LogP contribution < -0.4 is 0 Å². The van der Waals surface area contributed by atoms with Crippen LogP contribution in [-0.4, -0.2) is 133 Å². The number of aliphatic carboxylic acids is 1. The second-order valence-corrected chi connectivity index (χ2v) is 20.5. The summed E-state index contributed by atoms with van der Waals surface area (Å²) in [6.45, 7) is 13.9. The maximum absolute atomic E-state index is 14.8. The van der Waals surface area contributed by atoms with Crippen molar-refractivity contribution in [1.82, 2.24) is 0 Å². The van der Waals surface area contributed by atoms with Crippen molar-refractivity contribution in [2.45, 2.75) is 174 Å². The number of allylic oxidation sites excluding steroid dienone is 2. The van der Waals surface area contributed by atoms with Gasteiger partial charge in [-0.3, -0.25) is 9.59 Å². The molecular formula is C42H66O14. The molecule has 5 unspecified atom stereocenters. The Kier molecular flexibility index (Phi) is 10.9. The van der Waals surface area contributed by atoms with Crippen LogP contribution >= 0.6 is 0 Å². The lowest BCUT2D eigenvalue weighted by molar-refractivity contribution is -0.378. The summed E-state index contributed by atoms with van der Waals surface area (Å²) in [5.41, 5.74) is -1.32. The van der Waals surface area contributed by atoms with Gasteiger partial charge in [0.2, 0.25) is 0 Å². The van der Waals surface area contributed by atoms with Crippen LogP contribution in [0.3, 0.4) is 0 Å². The fourth-order valence-electron chi connectivity index (χ4n) is 13.4. The van der Waals surface area contributed by atoms with Crippen LogP contribution in [0.25, 0.3) is 0 Å². The molecule has 0 aromatic heterocycles. The van der Waals surface area contributed by atoms with E-state index in [1.54, 1.807) is 0 Å². The lowest BCUT2D eigenvalue weighted by Crippen LogP contribution is -2.68. The van der Waals surface area contributed by atoms with E-state index in [0.717, 1.165) is 37.7 Å². The Hall–Kier alpha value is -1.56. The molecule has 56 heavy (non-hydrogen) atoms. The smallest absolute Gasteiger partial charge is 0.309 e. The SMILES string of the molecule is CC1(C)C(O[C@@H]2O[C@H](CO)[C@@H](O)[C@@H](O)[C@H]2O[C@@H]2O[C@H](CO)[C@@H](O)[C@@H](O)[C@H]2O)CC[C@@]2(C)C1CC[C@]1(C)C2C(=O)C=C2C3C[C@@](C)(C(=O)O)CC[C@]3(C)CCC21C. The van der Waals surface area contributed by atoms with Crippen molar-refractivity contribution in [1.29, 1.82) is 0 Å². The second kappa shape index (κ2) is 14.3. The third-order valence-electron chi connectivity index (χ3n) is 17.3. The van der Waals surface area contributed by atoms with Gasteiger partial charge in [0.1, 0.15) is 48.8 Å². The standard InChI is InChI=1S/C42H66O14/c1-37(2)25-8-11-42(7)33(22(45)16-20-21-17-39(4,36(51)52)13-12-38(21,3)14-15-41(20,42)6)40(25,5)10-9-26(37)55-35-32(30(49)28(47)24(19-44)54-35)56-34-31(50)29(48)27(46)23(18-43)53-34/h16,21,23-35,43-44,46-50H,8-15,17-19H2,1-7H3,(H,51,52)/t21?,23-,24-,25?,26?,27-,28-,29-,30-,31-,32-,33?,34+,35+,38-,39+,40+,41?,42-/m1/s1. The Morgan fingerprint density at radius 2 is 1.36 bits per heavy atom. The highest BCUT2D eigenvalue weighted by Crippen LogP contribution is 2.75. The molecule has 0 aromatic rings. The summed E-state index contributed by atoms with van der Waals surface area (Å²) in [4.78, 5) is 27.3. The number of carbonyl (C=O) groups excluding carboxylic acids is 1. The van der Waals surface area contributed by atoms with Crippen molar-refractivity contribution in [3.05, 3.63) is 11.6 Å². The Bertz CT molecular complexity index is 1570. The first-order valence-corrected chi connectivity index (χ1v) is 20.8. The first-order chi connectivity index (χ1) is 26.0. The van der Waals surface area contributed by atoms with Crippen LogP contribution in [-0.2, 0) is 28.5 Å². The highest BCUT2D eigenvalue weighted by Gasteiger charge is 2.70. The minimum atomic E-state index is -1.78. The van der Waals surface area contributed by atoms with Crippen LogP contribution in [0.5, 0.6) is 0 Å². The number of ketones is 1. The number of carboxylic acid groups (broad SMARTS) is 1. The Morgan fingerprint density at radius 1 is 0.750 bits per heavy atom. The molecule has 5 aliphatic carbocycles. The average molecular weight is 795 g/mol. The van der Waals surface area contributed by atoms with E-state index in [1.165, 1.54) is 0 Å². The van der Waals surface area contributed by atoms with Gasteiger partial charge in [-0.2, -0.15) is 0 Å². The largest absolute Gasteiger partial charge is 0.481 e. The fraction of sp³-hybridized carbons (Fsp3) is 0.905. The van der Waals surface area contributed by atoms with Crippen LogP contribution in [0.15, 0.2) is 11.6 Å². The van der Waals surface area contributed by atoms with Crippen molar-refractivity contribution in [3.63, 3.8) is 0 Å². The average Bonchev–Trinajstić information content (AvgIpc) is 3.13. The molecule has 318 valence electrons. The monoisotopic (exact) mass is 794 g/mol. The quantitative estimate of drug-likeness (QED) is 0.173. The molecule has 0 radical (unpaired) electrons. The Labute approximate surface area is 329 Å². The summed E-state index contributed by atoms with van der Waals surface area (Å²) >= 11 is 0. The zero-order valence-corrected chi connectivity index (χ0v) is 34.0. The van der Waals surface area contributed by atoms with Gasteiger partial charge < -0.3 is 59.8 Å². The Morgan fingerprint density at radius 3 is 1.98 bits per heavy atom. The topological polar surface area (TPSA) is 233 Å². The summed E-state index contributed by atoms with van der Waals surface area (Å²) in [6, 6.07) is 0. The zero-order valence-electron chi connectivity index (χ0n) is 34.0. The van der Waals surface area contributed by atoms with Crippen molar-refractivity contribution >= 4 is 11.8 Å². The zero-order chi connectivity index (χ0) is 41.1. The lowest BCUT2D eigenvalue weighted by Gasteiger charge is -2.70. The maximum atomic E-state index is 14.8. The molecule has 14 nitrogen and oxygen atoms in total. The fourth-order valence-corrected chi connectivity index (χ4v) is 13.4. The first kappa shape index (κ1) is 42.6. The number of ether oxygens (including phenoxy) is 4. The second-order valence-electron chi connectivity index (χ2n) is 20.5. The van der Waals surface area contributed by atoms with Crippen LogP contribution in [0.1, 0.15) is 106 Å². The van der Waals surface area contributed by atoms with Crippen LogP contribution in [0.4, 0.5) is 0 Å². The number of carbonyl (C=O) groups is 2. The summed E-state index contributed by atoms with van der Waals surface area (Å²) in [5, 5.41) is 83.6. The number of rotatable bonds is 7. The molecule has 19 atom stereocenters. The highest BCUT2D eigenvalue weighted by molar-refractivity contribution is 5.95. The van der Waals surface area contributed by atoms with Gasteiger partial charge >= 0.3 is 5.97 Å². The molecule has 0 aromatic carbocycles. The summed E-state index contributed by atoms with van der Waals surface area (Å²) < 4.78 is 24.3. The number of fused-ring (bicyclic) bond motifs is 7. The third-order valence-corrected chi connectivity index (χ3v) is 17.3. The van der Waals surface area contributed by atoms with E-state index in [4.69, 9.17) is 18.9 Å². The molecule has 7 rings (SSSR count). The van der Waals surface area contributed by atoms with E-state index in [9.17, 15) is 50.4 Å². The molecule has 14 heteroatoms. The third kappa shape index (κ3) is 6.13. The lowest BCUT2D eigenvalue weighted by atomic mass is 9.33. The molecule has 0 bridgehead atoms. The summed E-state index contributed by atoms with van der Waals surface area (Å²) in [6.07, 6.45) is -7.28. The number of aliphatic hydroxyl groups is 7. The van der Waals surface area contributed by atoms with Gasteiger partial charge in [-0.25, -0.2) is 0 Å². The molecule has 0 spiro atoms. The van der Waals surface area contributed by atoms with Crippen LogP contribution in [0, 0.1) is 50.2 Å². The first-order valence-electron chi connectivity index (χ1n) is 20.8. The maximum Gasteiger partial charge on any atom is 0.309 e. The molecule has 2 saturated heterocycles. The van der Waals surface area contributed by atoms with Gasteiger partial charge in [-0.15, -0.1) is 0 Å². The number of hydrogen-bond donors (Lipinski definition) is 8. The van der Waals surface area contributed by atoms with Gasteiger partial charge in [0.25, 0.3) is 0 Å². The van der Waals surface area contributed by atoms with Gasteiger partial charge in [0.15, 0.2) is 18.4 Å². The normalized spacial score (nSPS) is 54.2.